The van der Waals surface area contributed by atoms with Gasteiger partial charge in [0.15, 0.2) is 25.0 Å². The van der Waals surface area contributed by atoms with Crippen LogP contribution in [-0.2, 0) is 42.7 Å². The quantitative estimate of drug-likeness (QED) is 0.0444. The summed E-state index contributed by atoms with van der Waals surface area (Å²) in [6.07, 6.45) is -21.2. The van der Waals surface area contributed by atoms with Crippen molar-refractivity contribution in [3.63, 3.8) is 0 Å². The van der Waals surface area contributed by atoms with Crippen LogP contribution in [0.1, 0.15) is 120 Å². The summed E-state index contributed by atoms with van der Waals surface area (Å²) in [5.41, 5.74) is -2.84. The monoisotopic (exact) mass is 1030 g/mol. The van der Waals surface area contributed by atoms with E-state index in [1.54, 1.807) is 0 Å². The minimum Gasteiger partial charge on any atom is -0.481 e. The molecule has 4 saturated carbocycles. The Bertz CT molecular complexity index is 1930. The van der Waals surface area contributed by atoms with Gasteiger partial charge in [-0.3, -0.25) is 9.59 Å². The molecule has 0 bridgehead atoms. The van der Waals surface area contributed by atoms with Crippen molar-refractivity contribution in [2.75, 3.05) is 13.2 Å². The van der Waals surface area contributed by atoms with Crippen LogP contribution in [-0.4, -0.2) is 202 Å². The van der Waals surface area contributed by atoms with E-state index < -0.39 is 187 Å². The summed E-state index contributed by atoms with van der Waals surface area (Å²) < 4.78 is 43.5. The highest BCUT2D eigenvalue weighted by Gasteiger charge is 2.74. The van der Waals surface area contributed by atoms with Gasteiger partial charge in [0.25, 0.3) is 0 Å². The van der Waals surface area contributed by atoms with Gasteiger partial charge >= 0.3 is 11.9 Å². The fourth-order valence-electron chi connectivity index (χ4n) is 15.3. The topological polar surface area (TPSA) is 342 Å². The Morgan fingerprint density at radius 2 is 1.35 bits per heavy atom. The maximum atomic E-state index is 12.8. The minimum atomic E-state index is -1.83. The summed E-state index contributed by atoms with van der Waals surface area (Å²) in [6.45, 7) is 16.3. The summed E-state index contributed by atoms with van der Waals surface area (Å²) >= 11 is 0. The van der Waals surface area contributed by atoms with Crippen molar-refractivity contribution in [3.8, 4) is 0 Å². The number of carbonyl (C=O) groups is 2. The number of allylic oxidation sites excluding steroid dienone is 2. The standard InChI is InChI=1S/C51H84O21/c1-22(2)11-10-14-51(9,72-45-40(65)38(63)41(28(21-53)69-45)70-32(58)18-31(56)57)24-12-16-49(7)33(24)25(54)17-29-48(6)15-13-30(55)47(4,5)43(48)26(19-50(29,49)8)67-46-42(37(62)35(60)27(20-52)68-46)71-44-39(64)36(61)34(59)23(3)66-44/h11,23-30,33-46,52-55,59-65H,10,12-21H2,1-9H3,(H,56,57)/t23-,24-,25+,26-,27+,28+,29+,30-,33-,34-,35+,36+,37-,38+,39+,40+,41+,42+,43-,44-,45-,46+,48+,49+,50+,51-/m0/s1. The van der Waals surface area contributed by atoms with E-state index in [4.69, 9.17) is 38.3 Å². The van der Waals surface area contributed by atoms with E-state index in [1.165, 1.54) is 6.92 Å². The molecule has 3 saturated heterocycles. The van der Waals surface area contributed by atoms with Gasteiger partial charge in [-0.2, -0.15) is 0 Å². The zero-order valence-corrected chi connectivity index (χ0v) is 43.1. The number of esters is 1. The van der Waals surface area contributed by atoms with Crippen molar-refractivity contribution in [3.05, 3.63) is 11.6 Å². The largest absolute Gasteiger partial charge is 0.481 e. The smallest absolute Gasteiger partial charge is 0.317 e. The molecule has 0 aromatic heterocycles. The van der Waals surface area contributed by atoms with Crippen molar-refractivity contribution >= 4 is 11.9 Å². The zero-order chi connectivity index (χ0) is 53.4. The normalized spacial score (nSPS) is 49.9. The Labute approximate surface area is 421 Å². The van der Waals surface area contributed by atoms with Crippen LogP contribution in [0.4, 0.5) is 0 Å². The second-order valence-corrected chi connectivity index (χ2v) is 24.1. The molecular weight excluding hydrogens is 949 g/mol. The number of fused-ring (bicyclic) bond motifs is 5. The summed E-state index contributed by atoms with van der Waals surface area (Å²) in [7, 11) is 0. The molecule has 26 atom stereocenters. The first kappa shape index (κ1) is 57.7. The second-order valence-electron chi connectivity index (χ2n) is 24.1. The number of carboxylic acids is 1. The highest BCUT2D eigenvalue weighted by Crippen LogP contribution is 2.76. The number of ether oxygens (including phenoxy) is 7. The van der Waals surface area contributed by atoms with Gasteiger partial charge in [0.05, 0.1) is 43.2 Å². The molecule has 0 aromatic rings. The average molecular weight is 1030 g/mol. The van der Waals surface area contributed by atoms with Gasteiger partial charge in [-0.05, 0) is 124 Å². The highest BCUT2D eigenvalue weighted by molar-refractivity contribution is 5.90. The third kappa shape index (κ3) is 10.1. The fourth-order valence-corrected chi connectivity index (χ4v) is 15.3. The van der Waals surface area contributed by atoms with Crippen molar-refractivity contribution in [2.24, 2.45) is 45.3 Å². The molecule has 7 fully saturated rings. The van der Waals surface area contributed by atoms with E-state index in [0.29, 0.717) is 51.4 Å². The predicted molar refractivity (Wildman–Crippen MR) is 250 cm³/mol. The van der Waals surface area contributed by atoms with Crippen LogP contribution in [0.2, 0.25) is 0 Å². The maximum Gasteiger partial charge on any atom is 0.317 e. The first-order chi connectivity index (χ1) is 33.5. The fraction of sp³-hybridized carbons (Fsp3) is 0.922. The van der Waals surface area contributed by atoms with E-state index in [0.717, 1.165) is 5.57 Å². The van der Waals surface area contributed by atoms with Gasteiger partial charge in [0.1, 0.15) is 67.5 Å². The van der Waals surface area contributed by atoms with Crippen molar-refractivity contribution in [1.29, 1.82) is 0 Å². The average Bonchev–Trinajstić information content (AvgIpc) is 3.69. The number of carbonyl (C=O) groups excluding carboxylic acids is 1. The Balaban J connectivity index is 1.25. The molecule has 7 aliphatic rings. The summed E-state index contributed by atoms with van der Waals surface area (Å²) in [5, 5.41) is 132. The summed E-state index contributed by atoms with van der Waals surface area (Å²) in [5.74, 6) is -4.08. The van der Waals surface area contributed by atoms with Gasteiger partial charge in [-0.25, -0.2) is 0 Å². The highest BCUT2D eigenvalue weighted by atomic mass is 16.8. The lowest BCUT2D eigenvalue weighted by Crippen LogP contribution is -2.71. The third-order valence-electron chi connectivity index (χ3n) is 19.2. The molecular formula is C51H84O21. The molecule has 0 radical (unpaired) electrons. The van der Waals surface area contributed by atoms with Crippen molar-refractivity contribution in [1.82, 2.24) is 0 Å². The number of hydrogen-bond acceptors (Lipinski definition) is 20. The lowest BCUT2D eigenvalue weighted by molar-refractivity contribution is -0.382. The van der Waals surface area contributed by atoms with E-state index in [2.05, 4.69) is 20.8 Å². The van der Waals surface area contributed by atoms with E-state index in [1.807, 2.05) is 40.7 Å². The van der Waals surface area contributed by atoms with Gasteiger partial charge in [-0.1, -0.05) is 46.3 Å². The van der Waals surface area contributed by atoms with Gasteiger partial charge < -0.3 is 94.4 Å². The Morgan fingerprint density at radius 1 is 0.722 bits per heavy atom. The minimum absolute atomic E-state index is 0.142. The molecule has 7 rings (SSSR count). The SMILES string of the molecule is CC(C)=CCC[C@](C)(O[C@@H]1O[C@H](CO)[C@@H](OC(=O)CC(=O)O)[C@H](O)[C@H]1O)[C@H]1CC[C@]2(C)[C@@H]1[C@H](O)C[C@@H]1[C@@]3(C)CC[C@H](O)C(C)(C)[C@@H]3[C@@H](O[C@@H]3O[C@H](CO)[C@@H](O)[C@H](O)[C@H]3O[C@@H]3O[C@@H](C)[C@H](O)[C@@H](O)[C@H]3O)C[C@]12C. The van der Waals surface area contributed by atoms with E-state index in [9.17, 15) is 65.8 Å². The van der Waals surface area contributed by atoms with Crippen LogP contribution in [0.3, 0.4) is 0 Å². The molecule has 12 N–H and O–H groups in total. The number of aliphatic hydroxyl groups excluding tert-OH is 11. The molecule has 0 amide bonds. The number of rotatable bonds is 15. The van der Waals surface area contributed by atoms with Crippen molar-refractivity contribution in [2.45, 2.75) is 236 Å². The van der Waals surface area contributed by atoms with Crippen molar-refractivity contribution < 1.29 is 104 Å². The van der Waals surface area contributed by atoms with Crippen LogP contribution in [0.25, 0.3) is 0 Å². The molecule has 21 nitrogen and oxygen atoms in total. The van der Waals surface area contributed by atoms with E-state index in [-0.39, 0.29) is 5.92 Å². The first-order valence-electron chi connectivity index (χ1n) is 25.8. The van der Waals surface area contributed by atoms with Gasteiger partial charge in [0, 0.05) is 0 Å². The molecule has 3 heterocycles. The summed E-state index contributed by atoms with van der Waals surface area (Å²) in [6, 6.07) is 0. The van der Waals surface area contributed by atoms with Crippen LogP contribution >= 0.6 is 0 Å². The molecule has 3 aliphatic heterocycles. The number of hydrogen-bond donors (Lipinski definition) is 12. The molecule has 0 spiro atoms. The molecule has 72 heavy (non-hydrogen) atoms. The van der Waals surface area contributed by atoms with Crippen LogP contribution < -0.4 is 0 Å². The molecule has 21 heteroatoms. The summed E-state index contributed by atoms with van der Waals surface area (Å²) in [4.78, 5) is 23.6. The molecule has 0 unspecified atom stereocenters. The Hall–Kier alpha value is -2.00. The first-order valence-corrected chi connectivity index (χ1v) is 25.8. The lowest BCUT2D eigenvalue weighted by atomic mass is 9.34. The zero-order valence-electron chi connectivity index (χ0n) is 43.1. The molecule has 4 aliphatic carbocycles. The van der Waals surface area contributed by atoms with Crippen LogP contribution in [0, 0.1) is 45.3 Å². The lowest BCUT2D eigenvalue weighted by Gasteiger charge is -2.72. The van der Waals surface area contributed by atoms with Gasteiger partial charge in [0.2, 0.25) is 0 Å². The molecule has 0 aromatic carbocycles. The maximum absolute atomic E-state index is 12.8. The Kier molecular flexibility index (Phi) is 17.2. The third-order valence-corrected chi connectivity index (χ3v) is 19.2. The number of aliphatic hydroxyl groups is 11. The van der Waals surface area contributed by atoms with E-state index >= 15 is 0 Å². The number of aliphatic carboxylic acids is 1. The second kappa shape index (κ2) is 21.4. The predicted octanol–water partition coefficient (Wildman–Crippen LogP) is -0.00280. The van der Waals surface area contributed by atoms with Crippen LogP contribution in [0.15, 0.2) is 11.6 Å². The molecule has 414 valence electrons. The number of carboxylic acid groups (broad SMARTS) is 1. The van der Waals surface area contributed by atoms with Gasteiger partial charge in [-0.15, -0.1) is 0 Å². The Morgan fingerprint density at radius 3 is 1.97 bits per heavy atom. The van der Waals surface area contributed by atoms with Crippen LogP contribution in [0.5, 0.6) is 0 Å².